The zero-order valence-corrected chi connectivity index (χ0v) is 20.1. The molecule has 2 rings (SSSR count). The van der Waals surface area contributed by atoms with Crippen molar-refractivity contribution < 1.29 is 19.1 Å². The van der Waals surface area contributed by atoms with Crippen molar-refractivity contribution in [3.63, 3.8) is 0 Å². The van der Waals surface area contributed by atoms with Crippen molar-refractivity contribution in [2.24, 2.45) is 11.1 Å². The SMILES string of the molecule is CC(C)OCCC(C)(C)C(=O)NCCCCC(NC(=O)c1cccc2ccccc12)C(N)=O. The molecule has 0 saturated carbocycles. The molecule has 3 amide bonds. The highest BCUT2D eigenvalue weighted by Gasteiger charge is 2.27. The van der Waals surface area contributed by atoms with E-state index in [1.54, 1.807) is 6.07 Å². The molecule has 0 saturated heterocycles. The number of fused-ring (bicyclic) bond motifs is 1. The molecule has 0 aromatic heterocycles. The topological polar surface area (TPSA) is 111 Å². The van der Waals surface area contributed by atoms with Crippen LogP contribution in [0.15, 0.2) is 42.5 Å². The number of benzene rings is 2. The standard InChI is InChI=1S/C26H37N3O4/c1-18(2)33-17-15-26(3,4)25(32)28-16-8-7-14-22(23(27)30)29-24(31)21-13-9-11-19-10-5-6-12-20(19)21/h5-6,9-13,18,22H,7-8,14-17H2,1-4H3,(H2,27,30)(H,28,32)(H,29,31). The molecule has 180 valence electrons. The Morgan fingerprint density at radius 1 is 1.03 bits per heavy atom. The van der Waals surface area contributed by atoms with E-state index in [2.05, 4.69) is 10.6 Å². The van der Waals surface area contributed by atoms with Gasteiger partial charge < -0.3 is 21.1 Å². The van der Waals surface area contributed by atoms with Gasteiger partial charge in [0.25, 0.3) is 5.91 Å². The van der Waals surface area contributed by atoms with Crippen molar-refractivity contribution in [1.29, 1.82) is 0 Å². The highest BCUT2D eigenvalue weighted by Crippen LogP contribution is 2.21. The number of carbonyl (C=O) groups is 3. The summed E-state index contributed by atoms with van der Waals surface area (Å²) in [6.45, 7) is 8.77. The third kappa shape index (κ3) is 8.17. The van der Waals surface area contributed by atoms with Gasteiger partial charge >= 0.3 is 0 Å². The van der Waals surface area contributed by atoms with Crippen LogP contribution < -0.4 is 16.4 Å². The molecule has 0 radical (unpaired) electrons. The van der Waals surface area contributed by atoms with Gasteiger partial charge in [0.1, 0.15) is 6.04 Å². The molecule has 0 bridgehead atoms. The van der Waals surface area contributed by atoms with Crippen LogP contribution in [0, 0.1) is 5.41 Å². The molecule has 7 heteroatoms. The number of carbonyl (C=O) groups excluding carboxylic acids is 3. The van der Waals surface area contributed by atoms with E-state index in [0.29, 0.717) is 44.4 Å². The number of rotatable bonds is 13. The fraction of sp³-hybridized carbons (Fsp3) is 0.500. The Kier molecular flexibility index (Phi) is 9.85. The maximum Gasteiger partial charge on any atom is 0.252 e. The number of hydrogen-bond donors (Lipinski definition) is 3. The van der Waals surface area contributed by atoms with E-state index in [1.165, 1.54) is 0 Å². The predicted octanol–water partition coefficient (Wildman–Crippen LogP) is 3.55. The van der Waals surface area contributed by atoms with Crippen LogP contribution in [0.2, 0.25) is 0 Å². The van der Waals surface area contributed by atoms with E-state index in [4.69, 9.17) is 10.5 Å². The summed E-state index contributed by atoms with van der Waals surface area (Å²) in [5, 5.41) is 7.50. The quantitative estimate of drug-likeness (QED) is 0.401. The maximum atomic E-state index is 12.8. The molecule has 0 fully saturated rings. The van der Waals surface area contributed by atoms with Crippen molar-refractivity contribution >= 4 is 28.5 Å². The van der Waals surface area contributed by atoms with Gasteiger partial charge in [0.05, 0.1) is 6.10 Å². The Morgan fingerprint density at radius 3 is 2.42 bits per heavy atom. The number of ether oxygens (including phenoxy) is 1. The minimum absolute atomic E-state index is 0.0226. The summed E-state index contributed by atoms with van der Waals surface area (Å²) in [5.41, 5.74) is 5.52. The van der Waals surface area contributed by atoms with Gasteiger partial charge in [0.2, 0.25) is 11.8 Å². The van der Waals surface area contributed by atoms with Crippen molar-refractivity contribution in [2.75, 3.05) is 13.2 Å². The molecule has 1 unspecified atom stereocenters. The van der Waals surface area contributed by atoms with E-state index in [-0.39, 0.29) is 17.9 Å². The Hall–Kier alpha value is -2.93. The molecule has 2 aromatic rings. The first-order valence-electron chi connectivity index (χ1n) is 11.6. The second-order valence-electron chi connectivity index (χ2n) is 9.26. The van der Waals surface area contributed by atoms with E-state index in [9.17, 15) is 14.4 Å². The van der Waals surface area contributed by atoms with Crippen LogP contribution in [-0.4, -0.2) is 43.0 Å². The molecule has 0 spiro atoms. The fourth-order valence-electron chi connectivity index (χ4n) is 3.52. The Balaban J connectivity index is 1.81. The van der Waals surface area contributed by atoms with Crippen LogP contribution in [0.3, 0.4) is 0 Å². The van der Waals surface area contributed by atoms with Gasteiger partial charge in [-0.25, -0.2) is 0 Å². The molecule has 0 heterocycles. The van der Waals surface area contributed by atoms with E-state index < -0.39 is 17.4 Å². The van der Waals surface area contributed by atoms with Gasteiger partial charge in [-0.2, -0.15) is 0 Å². The van der Waals surface area contributed by atoms with E-state index in [0.717, 1.165) is 10.8 Å². The monoisotopic (exact) mass is 455 g/mol. The first-order valence-corrected chi connectivity index (χ1v) is 11.6. The minimum Gasteiger partial charge on any atom is -0.379 e. The number of primary amides is 1. The third-order valence-corrected chi connectivity index (χ3v) is 5.68. The van der Waals surface area contributed by atoms with Crippen molar-refractivity contribution in [2.45, 2.75) is 65.5 Å². The molecule has 0 aliphatic heterocycles. The lowest BCUT2D eigenvalue weighted by molar-refractivity contribution is -0.130. The summed E-state index contributed by atoms with van der Waals surface area (Å²) < 4.78 is 5.55. The van der Waals surface area contributed by atoms with Crippen molar-refractivity contribution in [3.8, 4) is 0 Å². The lowest BCUT2D eigenvalue weighted by Gasteiger charge is -2.24. The van der Waals surface area contributed by atoms with Crippen LogP contribution >= 0.6 is 0 Å². The van der Waals surface area contributed by atoms with Crippen LogP contribution in [0.4, 0.5) is 0 Å². The number of nitrogens with one attached hydrogen (secondary N) is 2. The molecule has 4 N–H and O–H groups in total. The molecule has 0 aliphatic carbocycles. The second kappa shape index (κ2) is 12.3. The van der Waals surface area contributed by atoms with Crippen LogP contribution in [0.5, 0.6) is 0 Å². The second-order valence-corrected chi connectivity index (χ2v) is 9.26. The number of hydrogen-bond acceptors (Lipinski definition) is 4. The smallest absolute Gasteiger partial charge is 0.252 e. The van der Waals surface area contributed by atoms with Gasteiger partial charge in [0.15, 0.2) is 0 Å². The average Bonchev–Trinajstić information content (AvgIpc) is 2.76. The lowest BCUT2D eigenvalue weighted by Crippen LogP contribution is -2.44. The van der Waals surface area contributed by atoms with E-state index >= 15 is 0 Å². The summed E-state index contributed by atoms with van der Waals surface area (Å²) >= 11 is 0. The summed E-state index contributed by atoms with van der Waals surface area (Å²) in [6.07, 6.45) is 2.51. The summed E-state index contributed by atoms with van der Waals surface area (Å²) in [7, 11) is 0. The van der Waals surface area contributed by atoms with Gasteiger partial charge in [-0.1, -0.05) is 50.2 Å². The Bertz CT molecular complexity index is 950. The van der Waals surface area contributed by atoms with Gasteiger partial charge in [-0.15, -0.1) is 0 Å². The molecule has 33 heavy (non-hydrogen) atoms. The number of amides is 3. The van der Waals surface area contributed by atoms with Crippen LogP contribution in [0.1, 0.15) is 63.7 Å². The Labute approximate surface area is 196 Å². The fourth-order valence-corrected chi connectivity index (χ4v) is 3.52. The van der Waals surface area contributed by atoms with Crippen LogP contribution in [0.25, 0.3) is 10.8 Å². The highest BCUT2D eigenvalue weighted by molar-refractivity contribution is 6.08. The van der Waals surface area contributed by atoms with Gasteiger partial charge in [0, 0.05) is 24.1 Å². The first kappa shape index (κ1) is 26.3. The summed E-state index contributed by atoms with van der Waals surface area (Å²) in [6, 6.07) is 12.3. The largest absolute Gasteiger partial charge is 0.379 e. The van der Waals surface area contributed by atoms with Gasteiger partial charge in [-0.05, 0) is 56.4 Å². The van der Waals surface area contributed by atoms with Crippen LogP contribution in [-0.2, 0) is 14.3 Å². The minimum atomic E-state index is -0.767. The summed E-state index contributed by atoms with van der Waals surface area (Å²) in [5.74, 6) is -0.918. The first-order chi connectivity index (χ1) is 15.6. The zero-order valence-electron chi connectivity index (χ0n) is 20.1. The van der Waals surface area contributed by atoms with Gasteiger partial charge in [-0.3, -0.25) is 14.4 Å². The van der Waals surface area contributed by atoms with Crippen molar-refractivity contribution in [3.05, 3.63) is 48.0 Å². The maximum absolute atomic E-state index is 12.8. The molecule has 0 aliphatic rings. The zero-order chi connectivity index (χ0) is 24.4. The molecule has 7 nitrogen and oxygen atoms in total. The predicted molar refractivity (Wildman–Crippen MR) is 131 cm³/mol. The molecular formula is C26H37N3O4. The molecule has 1 atom stereocenters. The molecule has 2 aromatic carbocycles. The molecular weight excluding hydrogens is 418 g/mol. The lowest BCUT2D eigenvalue weighted by atomic mass is 9.88. The normalized spacial score (nSPS) is 12.5. The number of unbranched alkanes of at least 4 members (excludes halogenated alkanes) is 1. The summed E-state index contributed by atoms with van der Waals surface area (Å²) in [4.78, 5) is 37.2. The van der Waals surface area contributed by atoms with Crippen molar-refractivity contribution in [1.82, 2.24) is 10.6 Å². The highest BCUT2D eigenvalue weighted by atomic mass is 16.5. The Morgan fingerprint density at radius 2 is 1.73 bits per heavy atom. The third-order valence-electron chi connectivity index (χ3n) is 5.68. The van der Waals surface area contributed by atoms with E-state index in [1.807, 2.05) is 64.1 Å². The number of nitrogens with two attached hydrogens (primary N) is 1. The average molecular weight is 456 g/mol.